The summed E-state index contributed by atoms with van der Waals surface area (Å²) >= 11 is 0. The number of anilines is 2. The van der Waals surface area contributed by atoms with Crippen molar-refractivity contribution in [3.63, 3.8) is 0 Å². The number of rotatable bonds is 9. The van der Waals surface area contributed by atoms with Crippen LogP contribution < -0.4 is 26.0 Å². The third-order valence-corrected chi connectivity index (χ3v) is 14.2. The van der Waals surface area contributed by atoms with Crippen molar-refractivity contribution in [2.45, 2.75) is 57.0 Å². The van der Waals surface area contributed by atoms with E-state index in [1.54, 1.807) is 12.1 Å². The van der Waals surface area contributed by atoms with Crippen LogP contribution in [-0.2, 0) is 9.59 Å². The summed E-state index contributed by atoms with van der Waals surface area (Å²) in [5.41, 5.74) is 9.10. The number of ether oxygens (including phenoxy) is 1. The molecule has 6 aliphatic heterocycles. The van der Waals surface area contributed by atoms with Gasteiger partial charge in [-0.15, -0.1) is 0 Å². The van der Waals surface area contributed by atoms with E-state index in [1.807, 2.05) is 75.1 Å². The van der Waals surface area contributed by atoms with E-state index >= 15 is 0 Å². The Labute approximate surface area is 376 Å². The van der Waals surface area contributed by atoms with Crippen molar-refractivity contribution in [3.05, 3.63) is 89.5 Å². The van der Waals surface area contributed by atoms with E-state index in [-0.39, 0.29) is 36.0 Å². The second-order valence-corrected chi connectivity index (χ2v) is 18.1. The molecule has 4 N–H and O–H groups in total. The second-order valence-electron chi connectivity index (χ2n) is 18.1. The number of primary amides is 1. The molecule has 0 spiro atoms. The highest BCUT2D eigenvalue weighted by molar-refractivity contribution is 6.23. The normalized spacial score (nSPS) is 22.1. The van der Waals surface area contributed by atoms with Gasteiger partial charge in [0.05, 0.1) is 17.2 Å². The first-order chi connectivity index (χ1) is 31.6. The van der Waals surface area contributed by atoms with Crippen molar-refractivity contribution in [3.8, 4) is 22.8 Å². The zero-order chi connectivity index (χ0) is 44.8. The maximum atomic E-state index is 13.7. The van der Waals surface area contributed by atoms with Gasteiger partial charge < -0.3 is 35.4 Å². The van der Waals surface area contributed by atoms with Gasteiger partial charge in [0.2, 0.25) is 11.8 Å². The van der Waals surface area contributed by atoms with Gasteiger partial charge in [0, 0.05) is 70.0 Å². The smallest absolute Gasteiger partial charge is 0.320 e. The summed E-state index contributed by atoms with van der Waals surface area (Å²) in [5.74, 6) is 0.494. The van der Waals surface area contributed by atoms with Crippen LogP contribution in [0.2, 0.25) is 0 Å². The van der Waals surface area contributed by atoms with E-state index in [4.69, 9.17) is 15.6 Å². The molecule has 0 aliphatic carbocycles. The summed E-state index contributed by atoms with van der Waals surface area (Å²) in [4.78, 5) is 86.8. The van der Waals surface area contributed by atoms with E-state index in [0.29, 0.717) is 60.8 Å². The summed E-state index contributed by atoms with van der Waals surface area (Å²) in [7, 11) is 0. The monoisotopic (exact) mass is 882 g/mol. The molecule has 10 rings (SSSR count). The summed E-state index contributed by atoms with van der Waals surface area (Å²) < 4.78 is 8.01. The van der Waals surface area contributed by atoms with Gasteiger partial charge in [-0.05, 0) is 118 Å². The fraction of sp³-hybridized carbons (Fsp3) is 0.438. The van der Waals surface area contributed by atoms with E-state index in [2.05, 4.69) is 20.4 Å². The summed E-state index contributed by atoms with van der Waals surface area (Å²) in [6, 6.07) is 21.6. The van der Waals surface area contributed by atoms with Gasteiger partial charge in [0.15, 0.2) is 0 Å². The van der Waals surface area contributed by atoms with Crippen LogP contribution in [0, 0.1) is 11.8 Å². The number of hydrogen-bond donors (Lipinski definition) is 3. The zero-order valence-corrected chi connectivity index (χ0v) is 36.3. The van der Waals surface area contributed by atoms with Crippen molar-refractivity contribution in [1.82, 2.24) is 34.7 Å². The largest absolute Gasteiger partial charge is 0.457 e. The standard InChI is InChI=1S/C48H54N10O7/c49-43(60)41-42(32-6-9-35(10-7-32)65-34-4-2-1-3-5-34)52-58-38(14-19-50-44(41)58)31-17-20-53(21-18-31)29-30-15-22-55(23-16-30)48(64)56-26-24-54(25-27-56)33-8-11-36-37(28-33)47(63)57(46(36)62)39-12-13-40(59)51-45(39)61/h1-11,28,30-31,38-39,50H,12-27,29H2,(H2,49,60)(H,51,59,61)/t38-,39?/m0/s1. The molecule has 1 aromatic heterocycles. The lowest BCUT2D eigenvalue weighted by molar-refractivity contribution is -0.136. The number of nitrogens with zero attached hydrogens (tertiary/aromatic N) is 7. The minimum atomic E-state index is -1.01. The second kappa shape index (κ2) is 17.7. The Morgan fingerprint density at radius 3 is 2.14 bits per heavy atom. The SMILES string of the molecule is NC(=O)c1c(-c2ccc(Oc3ccccc3)cc2)nn2c1NCC[C@H]2C1CCN(CC2CCN(C(=O)N3CCN(c4ccc5c(c4)C(=O)N(C4CCC(=O)NC4=O)C5=O)CC3)CC2)CC1. The van der Waals surface area contributed by atoms with Crippen molar-refractivity contribution >= 4 is 47.1 Å². The zero-order valence-electron chi connectivity index (χ0n) is 36.3. The number of piperidine rings is 3. The molecule has 6 aliphatic rings. The van der Waals surface area contributed by atoms with Gasteiger partial charge in [-0.3, -0.25) is 34.2 Å². The van der Waals surface area contributed by atoms with Crippen LogP contribution in [0.15, 0.2) is 72.8 Å². The van der Waals surface area contributed by atoms with Gasteiger partial charge in [0.1, 0.15) is 34.6 Å². The predicted octanol–water partition coefficient (Wildman–Crippen LogP) is 4.57. The molecular weight excluding hydrogens is 829 g/mol. The molecule has 0 radical (unpaired) electrons. The van der Waals surface area contributed by atoms with E-state index in [0.717, 1.165) is 93.3 Å². The molecule has 17 heteroatoms. The number of carbonyl (C=O) groups excluding carboxylic acids is 6. The Morgan fingerprint density at radius 2 is 1.43 bits per heavy atom. The predicted molar refractivity (Wildman–Crippen MR) is 241 cm³/mol. The highest BCUT2D eigenvalue weighted by atomic mass is 16.5. The first kappa shape index (κ1) is 42.2. The Morgan fingerprint density at radius 1 is 0.738 bits per heavy atom. The Kier molecular flexibility index (Phi) is 11.5. The van der Waals surface area contributed by atoms with Crippen molar-refractivity contribution in [1.29, 1.82) is 0 Å². The minimum Gasteiger partial charge on any atom is -0.457 e. The maximum Gasteiger partial charge on any atom is 0.320 e. The quantitative estimate of drug-likeness (QED) is 0.200. The van der Waals surface area contributed by atoms with Gasteiger partial charge in [0.25, 0.3) is 17.7 Å². The fourth-order valence-electron chi connectivity index (χ4n) is 10.7. The summed E-state index contributed by atoms with van der Waals surface area (Å²) in [6.45, 7) is 7.49. The number of piperazine rings is 1. The molecule has 7 heterocycles. The number of amides is 7. The van der Waals surface area contributed by atoms with Crippen LogP contribution in [0.25, 0.3) is 11.3 Å². The molecule has 4 aromatic rings. The number of para-hydroxylation sites is 1. The maximum absolute atomic E-state index is 13.7. The number of nitrogens with two attached hydrogens (primary N) is 1. The number of carbonyl (C=O) groups is 6. The molecular formula is C48H54N10O7. The topological polar surface area (TPSA) is 196 Å². The Bertz CT molecular complexity index is 2500. The van der Waals surface area contributed by atoms with Crippen molar-refractivity contribution < 1.29 is 33.5 Å². The number of benzene rings is 3. The number of urea groups is 1. The number of nitrogens with one attached hydrogen (secondary N) is 2. The lowest BCUT2D eigenvalue weighted by Crippen LogP contribution is -2.54. The van der Waals surface area contributed by atoms with Crippen LogP contribution in [-0.4, -0.2) is 136 Å². The molecule has 2 atom stereocenters. The van der Waals surface area contributed by atoms with E-state index in [1.165, 1.54) is 0 Å². The molecule has 17 nitrogen and oxygen atoms in total. The molecule has 0 saturated carbocycles. The molecule has 4 saturated heterocycles. The van der Waals surface area contributed by atoms with Crippen LogP contribution in [0.4, 0.5) is 16.3 Å². The lowest BCUT2D eigenvalue weighted by Gasteiger charge is -2.42. The van der Waals surface area contributed by atoms with Gasteiger partial charge in [-0.2, -0.15) is 5.10 Å². The van der Waals surface area contributed by atoms with Crippen LogP contribution in [0.3, 0.4) is 0 Å². The van der Waals surface area contributed by atoms with Gasteiger partial charge in [-0.1, -0.05) is 18.2 Å². The van der Waals surface area contributed by atoms with Gasteiger partial charge >= 0.3 is 6.03 Å². The van der Waals surface area contributed by atoms with Crippen LogP contribution in [0.5, 0.6) is 11.5 Å². The number of aromatic nitrogens is 2. The number of fused-ring (bicyclic) bond motifs is 2. The highest BCUT2D eigenvalue weighted by Gasteiger charge is 2.45. The number of likely N-dealkylation sites (tertiary alicyclic amines) is 2. The van der Waals surface area contributed by atoms with E-state index < -0.39 is 35.6 Å². The highest BCUT2D eigenvalue weighted by Crippen LogP contribution is 2.41. The van der Waals surface area contributed by atoms with E-state index in [9.17, 15) is 28.8 Å². The Balaban J connectivity index is 0.689. The number of imide groups is 2. The molecule has 0 bridgehead atoms. The van der Waals surface area contributed by atoms with Crippen molar-refractivity contribution in [2.75, 3.05) is 75.7 Å². The average molecular weight is 883 g/mol. The first-order valence-corrected chi connectivity index (χ1v) is 23.0. The molecule has 338 valence electrons. The van der Waals surface area contributed by atoms with Gasteiger partial charge in [-0.25, -0.2) is 9.48 Å². The number of hydrogen-bond acceptors (Lipinski definition) is 11. The van der Waals surface area contributed by atoms with Crippen LogP contribution >= 0.6 is 0 Å². The Hall–Kier alpha value is -6.75. The molecule has 1 unspecified atom stereocenters. The summed E-state index contributed by atoms with van der Waals surface area (Å²) in [5, 5.41) is 10.7. The average Bonchev–Trinajstić information content (AvgIpc) is 3.84. The molecule has 4 fully saturated rings. The fourth-order valence-corrected chi connectivity index (χ4v) is 10.7. The third-order valence-electron chi connectivity index (χ3n) is 14.2. The molecule has 7 amide bonds. The lowest BCUT2D eigenvalue weighted by atomic mass is 9.86. The molecule has 65 heavy (non-hydrogen) atoms. The first-order valence-electron chi connectivity index (χ1n) is 23.0. The minimum absolute atomic E-state index is 0.0650. The molecule has 3 aromatic carbocycles. The van der Waals surface area contributed by atoms with Crippen LogP contribution in [0.1, 0.15) is 82.1 Å². The van der Waals surface area contributed by atoms with Crippen molar-refractivity contribution in [2.24, 2.45) is 17.6 Å². The third kappa shape index (κ3) is 8.28. The summed E-state index contributed by atoms with van der Waals surface area (Å²) in [6.07, 6.45) is 5.12.